The Labute approximate surface area is 172 Å². The summed E-state index contributed by atoms with van der Waals surface area (Å²) in [6.45, 7) is 5.20. The number of halogens is 1. The number of ether oxygens (including phenoxy) is 1. The molecule has 0 aromatic heterocycles. The van der Waals surface area contributed by atoms with Gasteiger partial charge < -0.3 is 4.74 Å². The fourth-order valence-electron chi connectivity index (χ4n) is 2.51. The van der Waals surface area contributed by atoms with Gasteiger partial charge in [0.2, 0.25) is 0 Å². The summed E-state index contributed by atoms with van der Waals surface area (Å²) in [4.78, 5) is 2.65. The molecule has 0 aliphatic heterocycles. The van der Waals surface area contributed by atoms with Crippen LogP contribution < -0.4 is 4.74 Å². The molecular weight excluding hydrogens is 380 g/mol. The largest absolute Gasteiger partial charge is 0.494 e. The Morgan fingerprint density at radius 2 is 1.65 bits per heavy atom. The maximum absolute atomic E-state index is 5.94. The normalized spacial score (nSPS) is 10.9. The topological polar surface area (TPSA) is 9.23 Å². The average Bonchev–Trinajstić information content (AvgIpc) is 2.65. The van der Waals surface area contributed by atoms with E-state index in [0.29, 0.717) is 0 Å². The Hall–Kier alpha value is -0.770. The van der Waals surface area contributed by atoms with E-state index in [2.05, 4.69) is 44.2 Å². The second kappa shape index (κ2) is 12.6. The van der Waals surface area contributed by atoms with Crippen LogP contribution in [0, 0.1) is 6.92 Å². The van der Waals surface area contributed by atoms with E-state index < -0.39 is 0 Å². The summed E-state index contributed by atoms with van der Waals surface area (Å²) in [5.41, 5.74) is 1.34. The maximum atomic E-state index is 5.94. The van der Waals surface area contributed by atoms with Crippen molar-refractivity contribution in [1.82, 2.24) is 0 Å². The molecule has 2 aromatic rings. The fourth-order valence-corrected chi connectivity index (χ4v) is 4.46. The van der Waals surface area contributed by atoms with Crippen molar-refractivity contribution in [3.05, 3.63) is 53.1 Å². The van der Waals surface area contributed by atoms with Gasteiger partial charge in [0.05, 0.1) is 6.61 Å². The Kier molecular flexibility index (Phi) is 10.4. The molecular formula is C22H29ClOS2. The van der Waals surface area contributed by atoms with E-state index in [1.54, 1.807) is 0 Å². The number of hydrogen-bond donors (Lipinski definition) is 0. The van der Waals surface area contributed by atoms with E-state index in [-0.39, 0.29) is 0 Å². The molecule has 0 aliphatic rings. The van der Waals surface area contributed by atoms with Crippen LogP contribution in [-0.4, -0.2) is 18.1 Å². The number of aryl methyl sites for hydroxylation is 1. The summed E-state index contributed by atoms with van der Waals surface area (Å²) in [5, 5.41) is 0.805. The van der Waals surface area contributed by atoms with Crippen molar-refractivity contribution in [2.24, 2.45) is 0 Å². The number of hydrogen-bond acceptors (Lipinski definition) is 3. The van der Waals surface area contributed by atoms with E-state index >= 15 is 0 Å². The zero-order chi connectivity index (χ0) is 18.6. The van der Waals surface area contributed by atoms with Crippen LogP contribution in [-0.2, 0) is 0 Å². The van der Waals surface area contributed by atoms with Crippen LogP contribution >= 0.6 is 35.1 Å². The first-order valence-electron chi connectivity index (χ1n) is 9.43. The van der Waals surface area contributed by atoms with Crippen LogP contribution in [0.5, 0.6) is 5.75 Å². The molecule has 142 valence electrons. The molecule has 4 heteroatoms. The number of unbranched alkanes of at least 4 members (excludes halogenated alkanes) is 3. The second-order valence-electron chi connectivity index (χ2n) is 6.34. The van der Waals surface area contributed by atoms with Crippen molar-refractivity contribution in [3.8, 4) is 5.75 Å². The van der Waals surface area contributed by atoms with E-state index in [1.165, 1.54) is 52.5 Å². The van der Waals surface area contributed by atoms with Gasteiger partial charge in [0.25, 0.3) is 0 Å². The molecule has 0 unspecified atom stereocenters. The van der Waals surface area contributed by atoms with E-state index in [1.807, 2.05) is 35.7 Å². The smallest absolute Gasteiger partial charge is 0.120 e. The first kappa shape index (κ1) is 21.5. The van der Waals surface area contributed by atoms with Crippen LogP contribution in [0.25, 0.3) is 0 Å². The van der Waals surface area contributed by atoms with Crippen molar-refractivity contribution in [2.45, 2.75) is 55.7 Å². The zero-order valence-electron chi connectivity index (χ0n) is 15.8. The molecule has 0 N–H and O–H groups in total. The molecule has 0 spiro atoms. The molecule has 0 amide bonds. The van der Waals surface area contributed by atoms with Gasteiger partial charge >= 0.3 is 0 Å². The summed E-state index contributed by atoms with van der Waals surface area (Å²) in [6, 6.07) is 14.6. The summed E-state index contributed by atoms with van der Waals surface area (Å²) >= 11 is 9.73. The first-order chi connectivity index (χ1) is 12.7. The Morgan fingerprint density at radius 1 is 0.885 bits per heavy atom. The summed E-state index contributed by atoms with van der Waals surface area (Å²) < 4.78 is 5.94. The summed E-state index contributed by atoms with van der Waals surface area (Å²) in [5.74, 6) is 3.34. The molecule has 0 fully saturated rings. The van der Waals surface area contributed by atoms with Crippen molar-refractivity contribution in [2.75, 3.05) is 18.1 Å². The fraction of sp³-hybridized carbons (Fsp3) is 0.455. The third-order valence-electron chi connectivity index (χ3n) is 4.01. The van der Waals surface area contributed by atoms with Gasteiger partial charge in [-0.15, -0.1) is 23.5 Å². The van der Waals surface area contributed by atoms with Gasteiger partial charge in [-0.1, -0.05) is 37.4 Å². The van der Waals surface area contributed by atoms with Crippen molar-refractivity contribution in [3.63, 3.8) is 0 Å². The zero-order valence-corrected chi connectivity index (χ0v) is 18.2. The summed E-state index contributed by atoms with van der Waals surface area (Å²) in [7, 11) is 0. The highest BCUT2D eigenvalue weighted by Crippen LogP contribution is 2.27. The van der Waals surface area contributed by atoms with E-state index in [9.17, 15) is 0 Å². The van der Waals surface area contributed by atoms with Gasteiger partial charge in [-0.3, -0.25) is 0 Å². The monoisotopic (exact) mass is 408 g/mol. The highest BCUT2D eigenvalue weighted by Gasteiger charge is 2.02. The Balaban J connectivity index is 1.55. The van der Waals surface area contributed by atoms with E-state index in [0.717, 1.165) is 23.8 Å². The Bertz CT molecular complexity index is 643. The van der Waals surface area contributed by atoms with Crippen molar-refractivity contribution < 1.29 is 4.74 Å². The van der Waals surface area contributed by atoms with Gasteiger partial charge in [-0.25, -0.2) is 0 Å². The molecule has 0 atom stereocenters. The van der Waals surface area contributed by atoms with Crippen molar-refractivity contribution in [1.29, 1.82) is 0 Å². The molecule has 26 heavy (non-hydrogen) atoms. The Morgan fingerprint density at radius 3 is 2.42 bits per heavy atom. The lowest BCUT2D eigenvalue weighted by molar-refractivity contribution is 0.304. The molecule has 0 radical (unpaired) electrons. The highest BCUT2D eigenvalue weighted by molar-refractivity contribution is 7.99. The SMILES string of the molecule is CCCSc1cc(OCCCCCCSc2ccc(Cl)cc2)ccc1C. The van der Waals surface area contributed by atoms with Gasteiger partial charge in [-0.2, -0.15) is 0 Å². The minimum Gasteiger partial charge on any atom is -0.494 e. The molecule has 0 saturated heterocycles. The first-order valence-corrected chi connectivity index (χ1v) is 11.8. The molecule has 1 nitrogen and oxygen atoms in total. The summed E-state index contributed by atoms with van der Waals surface area (Å²) in [6.07, 6.45) is 6.05. The molecule has 2 aromatic carbocycles. The quantitative estimate of drug-likeness (QED) is 0.261. The van der Waals surface area contributed by atoms with Gasteiger partial charge in [0, 0.05) is 14.8 Å². The lowest BCUT2D eigenvalue weighted by Gasteiger charge is -2.10. The van der Waals surface area contributed by atoms with Gasteiger partial charge in [0.15, 0.2) is 0 Å². The number of thioether (sulfide) groups is 2. The van der Waals surface area contributed by atoms with Crippen LogP contribution in [0.1, 0.15) is 44.6 Å². The van der Waals surface area contributed by atoms with Gasteiger partial charge in [0.1, 0.15) is 5.75 Å². The minimum atomic E-state index is 0.805. The highest BCUT2D eigenvalue weighted by atomic mass is 35.5. The van der Waals surface area contributed by atoms with Crippen molar-refractivity contribution >= 4 is 35.1 Å². The third kappa shape index (κ3) is 8.28. The molecule has 2 rings (SSSR count). The maximum Gasteiger partial charge on any atom is 0.120 e. The standard InChI is InChI=1S/C22H29ClOS2/c1-3-15-26-22-17-20(11-8-18(22)2)24-14-6-4-5-7-16-25-21-12-9-19(23)10-13-21/h8-13,17H,3-7,14-16H2,1-2H3. The average molecular weight is 409 g/mol. The number of benzene rings is 2. The molecule has 0 heterocycles. The van der Waals surface area contributed by atoms with Crippen LogP contribution in [0.2, 0.25) is 5.02 Å². The minimum absolute atomic E-state index is 0.805. The molecule has 0 aliphatic carbocycles. The third-order valence-corrected chi connectivity index (χ3v) is 6.72. The second-order valence-corrected chi connectivity index (χ2v) is 9.08. The van der Waals surface area contributed by atoms with Gasteiger partial charge in [-0.05, 0) is 79.7 Å². The lowest BCUT2D eigenvalue weighted by atomic mass is 10.2. The van der Waals surface area contributed by atoms with Crippen LogP contribution in [0.4, 0.5) is 0 Å². The molecule has 0 saturated carbocycles. The lowest BCUT2D eigenvalue weighted by Crippen LogP contribution is -1.98. The van der Waals surface area contributed by atoms with Crippen LogP contribution in [0.3, 0.4) is 0 Å². The predicted molar refractivity (Wildman–Crippen MR) is 118 cm³/mol. The van der Waals surface area contributed by atoms with Crippen LogP contribution in [0.15, 0.2) is 52.3 Å². The predicted octanol–water partition coefficient (Wildman–Crippen LogP) is 7.88. The van der Waals surface area contributed by atoms with E-state index in [4.69, 9.17) is 16.3 Å². The number of rotatable bonds is 12. The molecule has 0 bridgehead atoms.